The zero-order valence-electron chi connectivity index (χ0n) is 14.2. The average Bonchev–Trinajstić information content (AvgIpc) is 3.21. The lowest BCUT2D eigenvalue weighted by atomic mass is 10.2. The fraction of sp³-hybridized carbons (Fsp3) is 0.111. The van der Waals surface area contributed by atoms with Crippen LogP contribution in [0.25, 0.3) is 10.6 Å². The number of H-pyrrole nitrogens is 1. The van der Waals surface area contributed by atoms with Crippen LogP contribution in [0.4, 0.5) is 5.69 Å². The summed E-state index contributed by atoms with van der Waals surface area (Å²) in [6.07, 6.45) is 0. The van der Waals surface area contributed by atoms with E-state index >= 15 is 0 Å². The van der Waals surface area contributed by atoms with Crippen LogP contribution >= 0.6 is 23.1 Å². The molecule has 27 heavy (non-hydrogen) atoms. The predicted octanol–water partition coefficient (Wildman–Crippen LogP) is 3.02. The molecule has 2 aromatic heterocycles. The lowest BCUT2D eigenvalue weighted by molar-refractivity contribution is -0.113. The summed E-state index contributed by atoms with van der Waals surface area (Å²) in [4.78, 5) is 43.2. The molecule has 138 valence electrons. The van der Waals surface area contributed by atoms with Crippen LogP contribution < -0.4 is 10.9 Å². The van der Waals surface area contributed by atoms with E-state index in [0.29, 0.717) is 22.1 Å². The third-order valence-electron chi connectivity index (χ3n) is 3.42. The SMILES string of the molecule is COC(=O)c1ccc(NC(=O)CSc2nc(-c3cccs3)cc(=O)[nH]2)cc1. The van der Waals surface area contributed by atoms with E-state index in [9.17, 15) is 14.4 Å². The van der Waals surface area contributed by atoms with Crippen molar-refractivity contribution < 1.29 is 14.3 Å². The fourth-order valence-corrected chi connectivity index (χ4v) is 3.55. The summed E-state index contributed by atoms with van der Waals surface area (Å²) in [6.45, 7) is 0. The minimum absolute atomic E-state index is 0.0790. The first kappa shape index (κ1) is 18.9. The smallest absolute Gasteiger partial charge is 0.337 e. The molecule has 0 saturated heterocycles. The molecule has 3 rings (SSSR count). The van der Waals surface area contributed by atoms with Gasteiger partial charge in [0.25, 0.3) is 5.56 Å². The second-order valence-corrected chi connectivity index (χ2v) is 7.23. The van der Waals surface area contributed by atoms with Crippen LogP contribution in [0.5, 0.6) is 0 Å². The lowest BCUT2D eigenvalue weighted by Gasteiger charge is -2.06. The summed E-state index contributed by atoms with van der Waals surface area (Å²) in [5, 5.41) is 5.01. The summed E-state index contributed by atoms with van der Waals surface area (Å²) in [5.74, 6) is -0.616. The number of carbonyl (C=O) groups is 2. The molecular weight excluding hydrogens is 386 g/mol. The number of ether oxygens (including phenoxy) is 1. The Morgan fingerprint density at radius 3 is 2.70 bits per heavy atom. The van der Waals surface area contributed by atoms with Crippen LogP contribution in [0.2, 0.25) is 0 Å². The van der Waals surface area contributed by atoms with Gasteiger partial charge in [0.2, 0.25) is 5.91 Å². The summed E-state index contributed by atoms with van der Waals surface area (Å²) in [7, 11) is 1.31. The molecule has 0 atom stereocenters. The second-order valence-electron chi connectivity index (χ2n) is 5.32. The number of nitrogens with zero attached hydrogens (tertiary/aromatic N) is 1. The predicted molar refractivity (Wildman–Crippen MR) is 105 cm³/mol. The number of thiophene rings is 1. The summed E-state index contributed by atoms with van der Waals surface area (Å²) >= 11 is 2.62. The molecule has 0 spiro atoms. The molecule has 1 amide bonds. The monoisotopic (exact) mass is 401 g/mol. The number of aromatic nitrogens is 2. The number of nitrogens with one attached hydrogen (secondary N) is 2. The van der Waals surface area contributed by atoms with Gasteiger partial charge in [0, 0.05) is 11.8 Å². The summed E-state index contributed by atoms with van der Waals surface area (Å²) in [6, 6.07) is 11.6. The number of hydrogen-bond acceptors (Lipinski definition) is 7. The molecule has 9 heteroatoms. The van der Waals surface area contributed by atoms with Gasteiger partial charge in [0.05, 0.1) is 29.0 Å². The first-order chi connectivity index (χ1) is 13.0. The topological polar surface area (TPSA) is 101 Å². The highest BCUT2D eigenvalue weighted by molar-refractivity contribution is 7.99. The number of thioether (sulfide) groups is 1. The first-order valence-corrected chi connectivity index (χ1v) is 9.68. The van der Waals surface area contributed by atoms with E-state index in [1.807, 2.05) is 17.5 Å². The van der Waals surface area contributed by atoms with E-state index in [1.165, 1.54) is 24.5 Å². The van der Waals surface area contributed by atoms with Crippen LogP contribution in [-0.2, 0) is 9.53 Å². The Kier molecular flexibility index (Phi) is 6.05. The van der Waals surface area contributed by atoms with Gasteiger partial charge in [-0.25, -0.2) is 9.78 Å². The average molecular weight is 401 g/mol. The van der Waals surface area contributed by atoms with Crippen LogP contribution in [0.3, 0.4) is 0 Å². The maximum atomic E-state index is 12.1. The number of aromatic amines is 1. The Labute approximate surface area is 162 Å². The van der Waals surface area contributed by atoms with Gasteiger partial charge in [-0.1, -0.05) is 17.8 Å². The van der Waals surface area contributed by atoms with Gasteiger partial charge in [0.1, 0.15) is 0 Å². The van der Waals surface area contributed by atoms with Crippen molar-refractivity contribution in [3.8, 4) is 10.6 Å². The normalized spacial score (nSPS) is 10.4. The molecular formula is C18H15N3O4S2. The Hall–Kier alpha value is -2.91. The molecule has 7 nitrogen and oxygen atoms in total. The van der Waals surface area contributed by atoms with Crippen LogP contribution in [-0.4, -0.2) is 34.7 Å². The van der Waals surface area contributed by atoms with Crippen molar-refractivity contribution >= 4 is 40.7 Å². The zero-order valence-corrected chi connectivity index (χ0v) is 15.9. The first-order valence-electron chi connectivity index (χ1n) is 7.81. The zero-order chi connectivity index (χ0) is 19.2. The van der Waals surface area contributed by atoms with E-state index in [4.69, 9.17) is 0 Å². The van der Waals surface area contributed by atoms with Crippen molar-refractivity contribution in [2.45, 2.75) is 5.16 Å². The molecule has 2 N–H and O–H groups in total. The largest absolute Gasteiger partial charge is 0.465 e. The number of carbonyl (C=O) groups excluding carboxylic acids is 2. The number of esters is 1. The van der Waals surface area contributed by atoms with Crippen molar-refractivity contribution in [3.05, 3.63) is 63.8 Å². The van der Waals surface area contributed by atoms with Crippen molar-refractivity contribution in [2.24, 2.45) is 0 Å². The molecule has 0 unspecified atom stereocenters. The number of rotatable bonds is 6. The Morgan fingerprint density at radius 2 is 2.04 bits per heavy atom. The maximum absolute atomic E-state index is 12.1. The van der Waals surface area contributed by atoms with Gasteiger partial charge in [-0.15, -0.1) is 11.3 Å². The molecule has 1 aromatic carbocycles. The Morgan fingerprint density at radius 1 is 1.26 bits per heavy atom. The molecule has 0 saturated carbocycles. The molecule has 0 fully saturated rings. The number of methoxy groups -OCH3 is 1. The number of hydrogen-bond donors (Lipinski definition) is 2. The Balaban J connectivity index is 1.61. The van der Waals surface area contributed by atoms with Crippen molar-refractivity contribution in [3.63, 3.8) is 0 Å². The third kappa shape index (κ3) is 5.05. The molecule has 0 radical (unpaired) electrons. The molecule has 0 bridgehead atoms. The van der Waals surface area contributed by atoms with Crippen molar-refractivity contribution in [1.82, 2.24) is 9.97 Å². The molecule has 0 aliphatic heterocycles. The van der Waals surface area contributed by atoms with Crippen molar-refractivity contribution in [2.75, 3.05) is 18.2 Å². The van der Waals surface area contributed by atoms with Gasteiger partial charge < -0.3 is 15.0 Å². The van der Waals surface area contributed by atoms with E-state index in [1.54, 1.807) is 24.3 Å². The van der Waals surface area contributed by atoms with Gasteiger partial charge in [0.15, 0.2) is 5.16 Å². The number of benzene rings is 1. The third-order valence-corrected chi connectivity index (χ3v) is 5.19. The summed E-state index contributed by atoms with van der Waals surface area (Å²) in [5.41, 5.74) is 1.27. The molecule has 3 aromatic rings. The minimum atomic E-state index is -0.441. The quantitative estimate of drug-likeness (QED) is 0.374. The Bertz CT molecular complexity index is 998. The van der Waals surface area contributed by atoms with Gasteiger partial charge in [-0.3, -0.25) is 9.59 Å². The molecule has 0 aliphatic carbocycles. The van der Waals surface area contributed by atoms with Crippen LogP contribution in [0.1, 0.15) is 10.4 Å². The van der Waals surface area contributed by atoms with Gasteiger partial charge >= 0.3 is 5.97 Å². The number of amides is 1. The van der Waals surface area contributed by atoms with Gasteiger partial charge in [-0.2, -0.15) is 0 Å². The van der Waals surface area contributed by atoms with Crippen LogP contribution in [0.15, 0.2) is 57.8 Å². The van der Waals surface area contributed by atoms with Crippen molar-refractivity contribution in [1.29, 1.82) is 0 Å². The highest BCUT2D eigenvalue weighted by atomic mass is 32.2. The highest BCUT2D eigenvalue weighted by Gasteiger charge is 2.10. The lowest BCUT2D eigenvalue weighted by Crippen LogP contribution is -2.15. The minimum Gasteiger partial charge on any atom is -0.465 e. The second kappa shape index (κ2) is 8.65. The van der Waals surface area contributed by atoms with Gasteiger partial charge in [-0.05, 0) is 35.7 Å². The van der Waals surface area contributed by atoms with E-state index in [2.05, 4.69) is 20.0 Å². The molecule has 0 aliphatic rings. The maximum Gasteiger partial charge on any atom is 0.337 e. The number of anilines is 1. The van der Waals surface area contributed by atoms with E-state index in [-0.39, 0.29) is 17.2 Å². The summed E-state index contributed by atoms with van der Waals surface area (Å²) < 4.78 is 4.63. The highest BCUT2D eigenvalue weighted by Crippen LogP contribution is 2.23. The molecule has 2 heterocycles. The van der Waals surface area contributed by atoms with E-state index in [0.717, 1.165) is 16.6 Å². The standard InChI is InChI=1S/C18H15N3O4S2/c1-25-17(24)11-4-6-12(7-5-11)19-16(23)10-27-18-20-13(9-15(22)21-18)14-3-2-8-26-14/h2-9H,10H2,1H3,(H,19,23)(H,20,21,22). The fourth-order valence-electron chi connectivity index (χ4n) is 2.19. The van der Waals surface area contributed by atoms with Crippen LogP contribution in [0, 0.1) is 0 Å². The van der Waals surface area contributed by atoms with E-state index < -0.39 is 5.97 Å².